The smallest absolute Gasteiger partial charge is 0.309 e. The second-order valence-corrected chi connectivity index (χ2v) is 9.53. The molecule has 12 heteroatoms. The normalized spacial score (nSPS) is 12.2. The molecule has 2 aromatic carbocycles. The highest BCUT2D eigenvalue weighted by Gasteiger charge is 2.30. The van der Waals surface area contributed by atoms with E-state index in [4.69, 9.17) is 28.4 Å². The maximum atomic E-state index is 14.7. The number of esters is 2. The summed E-state index contributed by atoms with van der Waals surface area (Å²) in [5, 5.41) is 0. The summed E-state index contributed by atoms with van der Waals surface area (Å²) in [4.78, 5) is 41.6. The molecule has 0 aliphatic rings. The molecule has 0 amide bonds. The van der Waals surface area contributed by atoms with Crippen LogP contribution < -0.4 is 18.9 Å². The first kappa shape index (κ1) is 32.8. The Morgan fingerprint density at radius 2 is 1.40 bits per heavy atom. The first-order valence-electron chi connectivity index (χ1n) is 13.2. The number of benzene rings is 2. The zero-order chi connectivity index (χ0) is 31.7. The van der Waals surface area contributed by atoms with Gasteiger partial charge in [0.1, 0.15) is 6.10 Å². The largest absolute Gasteiger partial charge is 0.494 e. The van der Waals surface area contributed by atoms with Crippen molar-refractivity contribution in [3.05, 3.63) is 77.1 Å². The lowest BCUT2D eigenvalue weighted by Gasteiger charge is -2.27. The number of nitrogens with zero attached hydrogens (tertiary/aromatic N) is 1. The van der Waals surface area contributed by atoms with Crippen LogP contribution >= 0.6 is 0 Å². The molecule has 0 N–H and O–H groups in total. The van der Waals surface area contributed by atoms with Gasteiger partial charge in [-0.1, -0.05) is 19.1 Å². The van der Waals surface area contributed by atoms with Crippen LogP contribution in [0.5, 0.6) is 23.0 Å². The van der Waals surface area contributed by atoms with Crippen LogP contribution in [-0.2, 0) is 19.1 Å². The van der Waals surface area contributed by atoms with Gasteiger partial charge in [0.05, 0.1) is 27.2 Å². The van der Waals surface area contributed by atoms with E-state index < -0.39 is 54.1 Å². The molecule has 2 atom stereocenters. The molecule has 0 fully saturated rings. The van der Waals surface area contributed by atoms with Crippen LogP contribution in [0.3, 0.4) is 0 Å². The number of hydrogen-bond acceptors (Lipinski definition) is 10. The van der Waals surface area contributed by atoms with Crippen LogP contribution in [0.25, 0.3) is 0 Å². The second kappa shape index (κ2) is 14.9. The molecule has 3 aromatic rings. The first-order chi connectivity index (χ1) is 20.5. The Hall–Kier alpha value is -4.74. The number of rotatable bonds is 14. The van der Waals surface area contributed by atoms with Gasteiger partial charge in [-0.2, -0.15) is 0 Å². The minimum atomic E-state index is -0.940. The molecule has 230 valence electrons. The summed E-state index contributed by atoms with van der Waals surface area (Å²) in [5.41, 5.74) is 0.684. The number of carbonyl (C=O) groups excluding carboxylic acids is 3. The highest BCUT2D eigenvalue weighted by molar-refractivity contribution is 5.99. The van der Waals surface area contributed by atoms with E-state index in [1.165, 1.54) is 71.7 Å². The molecule has 43 heavy (non-hydrogen) atoms. The van der Waals surface area contributed by atoms with Gasteiger partial charge in [-0.15, -0.1) is 0 Å². The average molecular weight is 602 g/mol. The molecule has 0 unspecified atom stereocenters. The SMILES string of the molecule is COc1ccc(C(c2ccc(OC)c(F)c2)[C@H](C)OC(=O)[C@H](C)CC(=O)c2nccc(OC)c2OCOC(C)=O)cc1F. The predicted octanol–water partition coefficient (Wildman–Crippen LogP) is 5.26. The van der Waals surface area contributed by atoms with Gasteiger partial charge in [-0.3, -0.25) is 14.4 Å². The van der Waals surface area contributed by atoms with Crippen molar-refractivity contribution < 1.29 is 51.6 Å². The van der Waals surface area contributed by atoms with Crippen LogP contribution in [0, 0.1) is 17.6 Å². The maximum absolute atomic E-state index is 14.7. The third-order valence-electron chi connectivity index (χ3n) is 6.55. The minimum Gasteiger partial charge on any atom is -0.494 e. The quantitative estimate of drug-likeness (QED) is 0.138. The third-order valence-corrected chi connectivity index (χ3v) is 6.55. The van der Waals surface area contributed by atoms with Crippen LogP contribution in [0.15, 0.2) is 48.7 Å². The summed E-state index contributed by atoms with van der Waals surface area (Å²) in [6.07, 6.45) is 0.111. The van der Waals surface area contributed by atoms with Crippen molar-refractivity contribution in [2.24, 2.45) is 5.92 Å². The van der Waals surface area contributed by atoms with Gasteiger partial charge in [0, 0.05) is 31.5 Å². The molecule has 0 radical (unpaired) electrons. The van der Waals surface area contributed by atoms with E-state index in [9.17, 15) is 23.2 Å². The summed E-state index contributed by atoms with van der Waals surface area (Å²) >= 11 is 0. The van der Waals surface area contributed by atoms with E-state index >= 15 is 0 Å². The second-order valence-electron chi connectivity index (χ2n) is 9.53. The van der Waals surface area contributed by atoms with E-state index in [2.05, 4.69) is 4.98 Å². The van der Waals surface area contributed by atoms with E-state index in [0.717, 1.165) is 0 Å². The summed E-state index contributed by atoms with van der Waals surface area (Å²) in [6.45, 7) is 3.81. The Bertz CT molecular complexity index is 1410. The van der Waals surface area contributed by atoms with Crippen molar-refractivity contribution in [2.75, 3.05) is 28.1 Å². The monoisotopic (exact) mass is 601 g/mol. The van der Waals surface area contributed by atoms with Gasteiger partial charge < -0.3 is 28.4 Å². The molecule has 10 nitrogen and oxygen atoms in total. The molecule has 0 saturated heterocycles. The van der Waals surface area contributed by atoms with Crippen molar-refractivity contribution >= 4 is 17.7 Å². The van der Waals surface area contributed by atoms with Crippen molar-refractivity contribution in [1.29, 1.82) is 0 Å². The fourth-order valence-electron chi connectivity index (χ4n) is 4.41. The number of Topliss-reactive ketones (excluding diaryl/α,β-unsaturated/α-hetero) is 1. The molecule has 1 aromatic heterocycles. The number of methoxy groups -OCH3 is 3. The molecular weight excluding hydrogens is 568 g/mol. The average Bonchev–Trinajstić information content (AvgIpc) is 2.97. The third kappa shape index (κ3) is 8.18. The number of ether oxygens (including phenoxy) is 6. The first-order valence-corrected chi connectivity index (χ1v) is 13.2. The van der Waals surface area contributed by atoms with Crippen molar-refractivity contribution in [1.82, 2.24) is 4.98 Å². The van der Waals surface area contributed by atoms with Crippen LogP contribution in [0.2, 0.25) is 0 Å². The predicted molar refractivity (Wildman–Crippen MR) is 149 cm³/mol. The van der Waals surface area contributed by atoms with E-state index in [1.807, 2.05) is 0 Å². The highest BCUT2D eigenvalue weighted by Crippen LogP contribution is 2.35. The summed E-state index contributed by atoms with van der Waals surface area (Å²) in [7, 11) is 4.03. The zero-order valence-corrected chi connectivity index (χ0v) is 24.6. The van der Waals surface area contributed by atoms with E-state index in [-0.39, 0.29) is 35.1 Å². The minimum absolute atomic E-state index is 0.0163. The van der Waals surface area contributed by atoms with Crippen LogP contribution in [0.4, 0.5) is 8.78 Å². The lowest BCUT2D eigenvalue weighted by atomic mass is 9.86. The fourth-order valence-corrected chi connectivity index (χ4v) is 4.41. The molecular formula is C31H33F2NO9. The lowest BCUT2D eigenvalue weighted by molar-refractivity contribution is -0.153. The van der Waals surface area contributed by atoms with Crippen LogP contribution in [0.1, 0.15) is 54.7 Å². The Morgan fingerprint density at radius 3 is 1.88 bits per heavy atom. The van der Waals surface area contributed by atoms with Gasteiger partial charge >= 0.3 is 11.9 Å². The molecule has 3 rings (SSSR count). The molecule has 0 saturated carbocycles. The number of ketones is 1. The maximum Gasteiger partial charge on any atom is 0.309 e. The fraction of sp³-hybridized carbons (Fsp3) is 0.355. The standard InChI is InChI=1S/C31H33F2NO9/c1-17(13-24(36)29-30(42-16-41-19(3)35)27(40-6)11-12-34-29)31(37)43-18(2)28(20-7-9-25(38-4)22(32)14-20)21-8-10-26(39-5)23(33)15-21/h7-12,14-15,17-18,28H,13,16H2,1-6H3/t17-,18+/m1/s1. The van der Waals surface area contributed by atoms with Gasteiger partial charge in [0.25, 0.3) is 0 Å². The Morgan fingerprint density at radius 1 is 0.837 bits per heavy atom. The van der Waals surface area contributed by atoms with Gasteiger partial charge in [0.2, 0.25) is 6.79 Å². The van der Waals surface area contributed by atoms with Gasteiger partial charge in [-0.05, 0) is 42.3 Å². The summed E-state index contributed by atoms with van der Waals surface area (Å²) in [5.74, 6) is -4.72. The van der Waals surface area contributed by atoms with Crippen LogP contribution in [-0.4, -0.2) is 56.9 Å². The lowest BCUT2D eigenvalue weighted by Crippen LogP contribution is -2.28. The van der Waals surface area contributed by atoms with Crippen molar-refractivity contribution in [3.63, 3.8) is 0 Å². The number of halogens is 2. The molecule has 1 heterocycles. The number of hydrogen-bond donors (Lipinski definition) is 0. The molecule has 0 bridgehead atoms. The van der Waals surface area contributed by atoms with Crippen molar-refractivity contribution in [3.8, 4) is 23.0 Å². The topological polar surface area (TPSA) is 119 Å². The number of aromatic nitrogens is 1. The Balaban J connectivity index is 1.83. The van der Waals surface area contributed by atoms with E-state index in [0.29, 0.717) is 11.1 Å². The Kier molecular flexibility index (Phi) is 11.4. The summed E-state index contributed by atoms with van der Waals surface area (Å²) in [6, 6.07) is 9.97. The highest BCUT2D eigenvalue weighted by atomic mass is 19.1. The molecule has 0 spiro atoms. The Labute approximate surface area is 247 Å². The number of pyridine rings is 1. The van der Waals surface area contributed by atoms with E-state index in [1.54, 1.807) is 19.1 Å². The van der Waals surface area contributed by atoms with Gasteiger partial charge in [-0.25, -0.2) is 13.8 Å². The van der Waals surface area contributed by atoms with Crippen molar-refractivity contribution in [2.45, 2.75) is 39.2 Å². The number of carbonyl (C=O) groups is 3. The summed E-state index contributed by atoms with van der Waals surface area (Å²) < 4.78 is 60.6. The molecule has 0 aliphatic carbocycles. The zero-order valence-electron chi connectivity index (χ0n) is 24.6. The molecule has 0 aliphatic heterocycles. The van der Waals surface area contributed by atoms with Gasteiger partial charge in [0.15, 0.2) is 46.1 Å².